The van der Waals surface area contributed by atoms with Crippen LogP contribution in [0.5, 0.6) is 0 Å². The standard InChI is InChI=1S/C19H27N3O5/c20-7-8-22-16(11-23)18(27-12-17(22)24)13-1-3-15(4-2-13)21-19(25)14-5-9-26-10-6-14/h1-4,14,16,18,23H,5-12,20H2,(H,21,25). The first-order valence-electron chi connectivity index (χ1n) is 9.34. The van der Waals surface area contributed by atoms with E-state index in [-0.39, 0.29) is 30.9 Å². The lowest BCUT2D eigenvalue weighted by Gasteiger charge is -2.40. The number of nitrogens with zero attached hydrogens (tertiary/aromatic N) is 1. The minimum atomic E-state index is -0.475. The van der Waals surface area contributed by atoms with E-state index in [1.807, 2.05) is 24.3 Å². The summed E-state index contributed by atoms with van der Waals surface area (Å²) < 4.78 is 11.0. The van der Waals surface area contributed by atoms with Crippen LogP contribution in [0.4, 0.5) is 5.69 Å². The molecule has 0 bridgehead atoms. The summed E-state index contributed by atoms with van der Waals surface area (Å²) >= 11 is 0. The molecule has 8 heteroatoms. The topological polar surface area (TPSA) is 114 Å². The molecule has 0 spiro atoms. The number of aliphatic hydroxyl groups excluding tert-OH is 1. The van der Waals surface area contributed by atoms with Crippen molar-refractivity contribution in [3.05, 3.63) is 29.8 Å². The van der Waals surface area contributed by atoms with E-state index in [2.05, 4.69) is 5.32 Å². The quantitative estimate of drug-likeness (QED) is 0.656. The Morgan fingerprint density at radius 2 is 1.96 bits per heavy atom. The van der Waals surface area contributed by atoms with Crippen LogP contribution in [-0.2, 0) is 19.1 Å². The van der Waals surface area contributed by atoms with Gasteiger partial charge in [-0.1, -0.05) is 12.1 Å². The normalized spacial score (nSPS) is 24.1. The van der Waals surface area contributed by atoms with Gasteiger partial charge >= 0.3 is 0 Å². The van der Waals surface area contributed by atoms with Crippen molar-refractivity contribution in [3.8, 4) is 0 Å². The number of amides is 2. The largest absolute Gasteiger partial charge is 0.394 e. The van der Waals surface area contributed by atoms with Crippen molar-refractivity contribution < 1.29 is 24.2 Å². The highest BCUT2D eigenvalue weighted by molar-refractivity contribution is 5.92. The van der Waals surface area contributed by atoms with Gasteiger partial charge in [0.1, 0.15) is 12.7 Å². The van der Waals surface area contributed by atoms with E-state index in [9.17, 15) is 14.7 Å². The summed E-state index contributed by atoms with van der Waals surface area (Å²) in [6.07, 6.45) is 1.05. The Labute approximate surface area is 158 Å². The van der Waals surface area contributed by atoms with Crippen LogP contribution in [0.3, 0.4) is 0 Å². The van der Waals surface area contributed by atoms with Gasteiger partial charge in [0.2, 0.25) is 11.8 Å². The molecule has 3 rings (SSSR count). The SMILES string of the molecule is NCCN1C(=O)COC(c2ccc(NC(=O)C3CCOCC3)cc2)C1CO. The maximum Gasteiger partial charge on any atom is 0.249 e. The molecule has 1 aromatic carbocycles. The Bertz CT molecular complexity index is 645. The summed E-state index contributed by atoms with van der Waals surface area (Å²) in [4.78, 5) is 25.9. The van der Waals surface area contributed by atoms with Crippen LogP contribution in [0.25, 0.3) is 0 Å². The van der Waals surface area contributed by atoms with Crippen molar-refractivity contribution >= 4 is 17.5 Å². The molecule has 2 aliphatic rings. The Morgan fingerprint density at radius 3 is 2.59 bits per heavy atom. The maximum absolute atomic E-state index is 12.3. The average Bonchev–Trinajstić information content (AvgIpc) is 2.71. The van der Waals surface area contributed by atoms with Gasteiger partial charge in [-0.2, -0.15) is 0 Å². The van der Waals surface area contributed by atoms with Crippen molar-refractivity contribution in [1.82, 2.24) is 4.90 Å². The molecule has 8 nitrogen and oxygen atoms in total. The lowest BCUT2D eigenvalue weighted by molar-refractivity contribution is -0.160. The second kappa shape index (κ2) is 9.27. The molecule has 27 heavy (non-hydrogen) atoms. The molecule has 0 radical (unpaired) electrons. The third-order valence-corrected chi connectivity index (χ3v) is 5.11. The molecule has 1 aromatic rings. The van der Waals surface area contributed by atoms with Crippen molar-refractivity contribution in [1.29, 1.82) is 0 Å². The number of aliphatic hydroxyl groups is 1. The zero-order valence-electron chi connectivity index (χ0n) is 15.3. The monoisotopic (exact) mass is 377 g/mol. The highest BCUT2D eigenvalue weighted by atomic mass is 16.5. The van der Waals surface area contributed by atoms with E-state index in [1.165, 1.54) is 0 Å². The highest BCUT2D eigenvalue weighted by Gasteiger charge is 2.36. The van der Waals surface area contributed by atoms with E-state index in [0.717, 1.165) is 18.4 Å². The van der Waals surface area contributed by atoms with Crippen LogP contribution in [0.1, 0.15) is 24.5 Å². The van der Waals surface area contributed by atoms with E-state index in [0.29, 0.717) is 32.0 Å². The zero-order valence-corrected chi connectivity index (χ0v) is 15.3. The van der Waals surface area contributed by atoms with E-state index < -0.39 is 12.1 Å². The van der Waals surface area contributed by atoms with Gasteiger partial charge in [-0.3, -0.25) is 9.59 Å². The van der Waals surface area contributed by atoms with Crippen LogP contribution in [0.15, 0.2) is 24.3 Å². The Balaban J connectivity index is 1.66. The fourth-order valence-electron chi connectivity index (χ4n) is 3.61. The number of carbonyl (C=O) groups is 2. The summed E-state index contributed by atoms with van der Waals surface area (Å²) in [5.74, 6) is -0.182. The van der Waals surface area contributed by atoms with Crippen LogP contribution in [-0.4, -0.2) is 67.4 Å². The summed E-state index contributed by atoms with van der Waals surface area (Å²) in [7, 11) is 0. The van der Waals surface area contributed by atoms with Gasteiger partial charge < -0.3 is 30.5 Å². The van der Waals surface area contributed by atoms with Gasteiger partial charge in [-0.05, 0) is 30.5 Å². The highest BCUT2D eigenvalue weighted by Crippen LogP contribution is 2.30. The zero-order chi connectivity index (χ0) is 19.2. The number of hydrogen-bond donors (Lipinski definition) is 3. The van der Waals surface area contributed by atoms with Gasteiger partial charge in [0.05, 0.1) is 12.6 Å². The smallest absolute Gasteiger partial charge is 0.249 e. The number of ether oxygens (including phenoxy) is 2. The number of hydrogen-bond acceptors (Lipinski definition) is 6. The van der Waals surface area contributed by atoms with Crippen molar-refractivity contribution in [2.24, 2.45) is 11.7 Å². The molecule has 4 N–H and O–H groups in total. The predicted molar refractivity (Wildman–Crippen MR) is 98.9 cm³/mol. The molecule has 2 unspecified atom stereocenters. The van der Waals surface area contributed by atoms with Crippen LogP contribution in [0, 0.1) is 5.92 Å². The Kier molecular flexibility index (Phi) is 6.78. The molecule has 0 aliphatic carbocycles. The molecule has 0 aromatic heterocycles. The van der Waals surface area contributed by atoms with E-state index in [4.69, 9.17) is 15.2 Å². The first-order chi connectivity index (χ1) is 13.1. The van der Waals surface area contributed by atoms with Crippen LogP contribution in [0.2, 0.25) is 0 Å². The third kappa shape index (κ3) is 4.65. The minimum Gasteiger partial charge on any atom is -0.394 e. The first-order valence-corrected chi connectivity index (χ1v) is 9.34. The van der Waals surface area contributed by atoms with Gasteiger partial charge in [0.15, 0.2) is 0 Å². The third-order valence-electron chi connectivity index (χ3n) is 5.11. The number of nitrogens with two attached hydrogens (primary N) is 1. The molecule has 148 valence electrons. The number of rotatable bonds is 6. The van der Waals surface area contributed by atoms with Crippen molar-refractivity contribution in [3.63, 3.8) is 0 Å². The lowest BCUT2D eigenvalue weighted by Crippen LogP contribution is -2.54. The molecule has 2 saturated heterocycles. The van der Waals surface area contributed by atoms with Gasteiger partial charge in [0.25, 0.3) is 0 Å². The number of nitrogens with one attached hydrogen (secondary N) is 1. The second-order valence-corrected chi connectivity index (χ2v) is 6.86. The summed E-state index contributed by atoms with van der Waals surface area (Å²) in [5, 5.41) is 12.7. The van der Waals surface area contributed by atoms with E-state index >= 15 is 0 Å². The summed E-state index contributed by atoms with van der Waals surface area (Å²) in [6.45, 7) is 1.70. The lowest BCUT2D eigenvalue weighted by atomic mass is 9.98. The molecule has 2 fully saturated rings. The first kappa shape index (κ1) is 19.8. The number of carbonyl (C=O) groups excluding carboxylic acids is 2. The number of morpholine rings is 1. The molecule has 2 aliphatic heterocycles. The van der Waals surface area contributed by atoms with Gasteiger partial charge in [-0.25, -0.2) is 0 Å². The molecular weight excluding hydrogens is 350 g/mol. The van der Waals surface area contributed by atoms with Gasteiger partial charge in [-0.15, -0.1) is 0 Å². The van der Waals surface area contributed by atoms with Crippen molar-refractivity contribution in [2.45, 2.75) is 25.0 Å². The summed E-state index contributed by atoms with van der Waals surface area (Å²) in [6, 6.07) is 6.85. The van der Waals surface area contributed by atoms with E-state index in [1.54, 1.807) is 4.90 Å². The van der Waals surface area contributed by atoms with Crippen molar-refractivity contribution in [2.75, 3.05) is 44.8 Å². The predicted octanol–water partition coefficient (Wildman–Crippen LogP) is 0.271. The Morgan fingerprint density at radius 1 is 1.26 bits per heavy atom. The number of benzene rings is 1. The second-order valence-electron chi connectivity index (χ2n) is 6.86. The molecule has 2 amide bonds. The van der Waals surface area contributed by atoms with Crippen LogP contribution >= 0.6 is 0 Å². The maximum atomic E-state index is 12.3. The number of anilines is 1. The molecule has 2 atom stereocenters. The minimum absolute atomic E-state index is 0.00733. The molecule has 2 heterocycles. The van der Waals surface area contributed by atoms with Crippen LogP contribution < -0.4 is 11.1 Å². The average molecular weight is 377 g/mol. The molecular formula is C19H27N3O5. The van der Waals surface area contributed by atoms with Gasteiger partial charge in [0, 0.05) is 37.9 Å². The fraction of sp³-hybridized carbons (Fsp3) is 0.579. The Hall–Kier alpha value is -2.00. The summed E-state index contributed by atoms with van der Waals surface area (Å²) in [5.41, 5.74) is 7.14. The fourth-order valence-corrected chi connectivity index (χ4v) is 3.61. The molecule has 0 saturated carbocycles.